The average Bonchev–Trinajstić information content (AvgIpc) is 2.42. The zero-order chi connectivity index (χ0) is 13.8. The Morgan fingerprint density at radius 3 is 2.58 bits per heavy atom. The number of nitrogens with zero attached hydrogens (tertiary/aromatic N) is 2. The standard InChI is InChI=1S/C14H14ClFN2O/c1-2-7-18-14(19)11(9-15)8-13(17-18)10-3-5-12(16)6-4-10/h3-6,8H,2,7,9H2,1H3. The third-order valence-electron chi connectivity index (χ3n) is 2.77. The molecule has 100 valence electrons. The predicted molar refractivity (Wildman–Crippen MR) is 73.7 cm³/mol. The number of hydrogen-bond acceptors (Lipinski definition) is 2. The molecule has 0 spiro atoms. The van der Waals surface area contributed by atoms with E-state index in [1.54, 1.807) is 18.2 Å². The van der Waals surface area contributed by atoms with Gasteiger partial charge in [0.2, 0.25) is 0 Å². The van der Waals surface area contributed by atoms with Crippen LogP contribution in [0.15, 0.2) is 35.1 Å². The van der Waals surface area contributed by atoms with Gasteiger partial charge in [-0.05, 0) is 36.8 Å². The molecule has 0 fully saturated rings. The molecule has 0 radical (unpaired) electrons. The van der Waals surface area contributed by atoms with Crippen LogP contribution < -0.4 is 5.56 Å². The second kappa shape index (κ2) is 5.97. The number of benzene rings is 1. The van der Waals surface area contributed by atoms with Crippen molar-refractivity contribution in [2.45, 2.75) is 25.8 Å². The smallest absolute Gasteiger partial charge is 0.267 e. The monoisotopic (exact) mass is 280 g/mol. The van der Waals surface area contributed by atoms with Crippen LogP contribution in [-0.2, 0) is 12.4 Å². The fourth-order valence-electron chi connectivity index (χ4n) is 1.82. The Morgan fingerprint density at radius 2 is 2.00 bits per heavy atom. The van der Waals surface area contributed by atoms with Gasteiger partial charge in [0, 0.05) is 17.7 Å². The van der Waals surface area contributed by atoms with E-state index < -0.39 is 0 Å². The van der Waals surface area contributed by atoms with E-state index in [1.165, 1.54) is 16.8 Å². The van der Waals surface area contributed by atoms with Crippen molar-refractivity contribution in [2.75, 3.05) is 0 Å². The van der Waals surface area contributed by atoms with Crippen molar-refractivity contribution in [3.8, 4) is 11.3 Å². The quantitative estimate of drug-likeness (QED) is 0.806. The fourth-order valence-corrected chi connectivity index (χ4v) is 2.01. The van der Waals surface area contributed by atoms with Crippen molar-refractivity contribution < 1.29 is 4.39 Å². The summed E-state index contributed by atoms with van der Waals surface area (Å²) >= 11 is 5.79. The summed E-state index contributed by atoms with van der Waals surface area (Å²) in [7, 11) is 0. The number of aryl methyl sites for hydroxylation is 1. The third kappa shape index (κ3) is 3.01. The molecule has 0 amide bonds. The van der Waals surface area contributed by atoms with Crippen molar-refractivity contribution >= 4 is 11.6 Å². The molecule has 0 saturated heterocycles. The van der Waals surface area contributed by atoms with Gasteiger partial charge in [0.15, 0.2) is 0 Å². The van der Waals surface area contributed by atoms with Crippen LogP contribution in [0.5, 0.6) is 0 Å². The molecule has 0 bridgehead atoms. The minimum atomic E-state index is -0.303. The molecule has 0 aliphatic carbocycles. The first-order chi connectivity index (χ1) is 9.15. The van der Waals surface area contributed by atoms with Crippen LogP contribution in [-0.4, -0.2) is 9.78 Å². The molecule has 0 atom stereocenters. The van der Waals surface area contributed by atoms with Gasteiger partial charge in [-0.3, -0.25) is 4.79 Å². The fraction of sp³-hybridized carbons (Fsp3) is 0.286. The predicted octanol–water partition coefficient (Wildman–Crippen LogP) is 3.20. The van der Waals surface area contributed by atoms with Crippen molar-refractivity contribution in [3.05, 3.63) is 52.1 Å². The molecule has 0 N–H and O–H groups in total. The lowest BCUT2D eigenvalue weighted by Gasteiger charge is -2.08. The van der Waals surface area contributed by atoms with Gasteiger partial charge < -0.3 is 0 Å². The average molecular weight is 281 g/mol. The molecular weight excluding hydrogens is 267 g/mol. The topological polar surface area (TPSA) is 34.9 Å². The van der Waals surface area contributed by atoms with E-state index in [4.69, 9.17) is 11.6 Å². The molecule has 3 nitrogen and oxygen atoms in total. The molecule has 2 aromatic rings. The highest BCUT2D eigenvalue weighted by molar-refractivity contribution is 6.17. The van der Waals surface area contributed by atoms with Gasteiger partial charge in [-0.15, -0.1) is 11.6 Å². The number of halogens is 2. The van der Waals surface area contributed by atoms with Crippen LogP contribution in [0.3, 0.4) is 0 Å². The third-order valence-corrected chi connectivity index (χ3v) is 3.06. The largest absolute Gasteiger partial charge is 0.271 e. The second-order valence-corrected chi connectivity index (χ2v) is 4.49. The van der Waals surface area contributed by atoms with E-state index in [9.17, 15) is 9.18 Å². The molecule has 0 aliphatic heterocycles. The Morgan fingerprint density at radius 1 is 1.32 bits per heavy atom. The van der Waals surface area contributed by atoms with Gasteiger partial charge in [0.1, 0.15) is 5.82 Å². The number of hydrogen-bond donors (Lipinski definition) is 0. The Balaban J connectivity index is 2.54. The van der Waals surface area contributed by atoms with Crippen molar-refractivity contribution in [3.63, 3.8) is 0 Å². The van der Waals surface area contributed by atoms with Crippen LogP contribution in [0, 0.1) is 5.82 Å². The Kier molecular flexibility index (Phi) is 4.32. The summed E-state index contributed by atoms with van der Waals surface area (Å²) in [6.45, 7) is 2.51. The molecule has 1 heterocycles. The maximum Gasteiger partial charge on any atom is 0.271 e. The minimum Gasteiger partial charge on any atom is -0.267 e. The summed E-state index contributed by atoms with van der Waals surface area (Å²) in [5, 5.41) is 4.29. The first kappa shape index (κ1) is 13.7. The van der Waals surface area contributed by atoms with Crippen LogP contribution in [0.2, 0.25) is 0 Å². The van der Waals surface area contributed by atoms with Gasteiger partial charge in [0.25, 0.3) is 5.56 Å². The SMILES string of the molecule is CCCn1nc(-c2ccc(F)cc2)cc(CCl)c1=O. The highest BCUT2D eigenvalue weighted by Crippen LogP contribution is 2.17. The maximum atomic E-state index is 12.9. The highest BCUT2D eigenvalue weighted by Gasteiger charge is 2.09. The lowest BCUT2D eigenvalue weighted by atomic mass is 10.1. The van der Waals surface area contributed by atoms with E-state index >= 15 is 0 Å². The van der Waals surface area contributed by atoms with Crippen LogP contribution in [0.25, 0.3) is 11.3 Å². The van der Waals surface area contributed by atoms with E-state index in [1.807, 2.05) is 6.92 Å². The van der Waals surface area contributed by atoms with Gasteiger partial charge >= 0.3 is 0 Å². The normalized spacial score (nSPS) is 10.7. The molecule has 2 rings (SSSR count). The van der Waals surface area contributed by atoms with E-state index in [-0.39, 0.29) is 17.3 Å². The molecule has 1 aromatic carbocycles. The summed E-state index contributed by atoms with van der Waals surface area (Å²) in [6.07, 6.45) is 0.807. The minimum absolute atomic E-state index is 0.138. The first-order valence-electron chi connectivity index (χ1n) is 6.08. The molecule has 1 aromatic heterocycles. The van der Waals surface area contributed by atoms with Crippen molar-refractivity contribution in [1.82, 2.24) is 9.78 Å². The van der Waals surface area contributed by atoms with Gasteiger partial charge in [-0.1, -0.05) is 6.92 Å². The number of rotatable bonds is 4. The molecular formula is C14H14ClFN2O. The number of alkyl halides is 1. The second-order valence-electron chi connectivity index (χ2n) is 4.22. The summed E-state index contributed by atoms with van der Waals surface area (Å²) in [5.41, 5.74) is 1.73. The maximum absolute atomic E-state index is 12.9. The summed E-state index contributed by atoms with van der Waals surface area (Å²) in [5.74, 6) is -0.164. The van der Waals surface area contributed by atoms with Crippen LogP contribution >= 0.6 is 11.6 Å². The highest BCUT2D eigenvalue weighted by atomic mass is 35.5. The van der Waals surface area contributed by atoms with E-state index in [2.05, 4.69) is 5.10 Å². The molecule has 0 unspecified atom stereocenters. The van der Waals surface area contributed by atoms with E-state index in [0.29, 0.717) is 17.8 Å². The summed E-state index contributed by atoms with van der Waals surface area (Å²) < 4.78 is 14.3. The van der Waals surface area contributed by atoms with Crippen LogP contribution in [0.4, 0.5) is 4.39 Å². The molecule has 5 heteroatoms. The number of aromatic nitrogens is 2. The van der Waals surface area contributed by atoms with Gasteiger partial charge in [-0.2, -0.15) is 5.10 Å². The lowest BCUT2D eigenvalue weighted by Crippen LogP contribution is -2.26. The zero-order valence-electron chi connectivity index (χ0n) is 10.6. The zero-order valence-corrected chi connectivity index (χ0v) is 11.3. The summed E-state index contributed by atoms with van der Waals surface area (Å²) in [4.78, 5) is 12.0. The van der Waals surface area contributed by atoms with Crippen molar-refractivity contribution in [1.29, 1.82) is 0 Å². The molecule has 19 heavy (non-hydrogen) atoms. The first-order valence-corrected chi connectivity index (χ1v) is 6.62. The Bertz CT molecular complexity index is 622. The lowest BCUT2D eigenvalue weighted by molar-refractivity contribution is 0.566. The molecule has 0 aliphatic rings. The van der Waals surface area contributed by atoms with Crippen molar-refractivity contribution in [2.24, 2.45) is 0 Å². The van der Waals surface area contributed by atoms with E-state index in [0.717, 1.165) is 12.0 Å². The van der Waals surface area contributed by atoms with Crippen LogP contribution in [0.1, 0.15) is 18.9 Å². The Labute approximate surface area is 115 Å². The molecule has 0 saturated carbocycles. The van der Waals surface area contributed by atoms with Gasteiger partial charge in [0.05, 0.1) is 11.6 Å². The summed E-state index contributed by atoms with van der Waals surface area (Å²) in [6, 6.07) is 7.67. The Hall–Kier alpha value is -1.68. The van der Waals surface area contributed by atoms with Gasteiger partial charge in [-0.25, -0.2) is 9.07 Å².